The molecule has 0 aromatic carbocycles. The molecule has 20 heavy (non-hydrogen) atoms. The first kappa shape index (κ1) is 18.8. The van der Waals surface area contributed by atoms with Crippen LogP contribution in [0.5, 0.6) is 0 Å². The second kappa shape index (κ2) is 14.2. The maximum atomic E-state index is 11.2. The van der Waals surface area contributed by atoms with E-state index in [1.807, 2.05) is 13.8 Å². The van der Waals surface area contributed by atoms with Gasteiger partial charge < -0.3 is 24.8 Å². The predicted molar refractivity (Wildman–Crippen MR) is 74.4 cm³/mol. The molecule has 0 aromatic heterocycles. The van der Waals surface area contributed by atoms with E-state index in [-0.39, 0.29) is 25.0 Å². The van der Waals surface area contributed by atoms with Gasteiger partial charge in [-0.05, 0) is 13.3 Å². The summed E-state index contributed by atoms with van der Waals surface area (Å²) < 4.78 is 15.3. The van der Waals surface area contributed by atoms with Crippen molar-refractivity contribution >= 4 is 11.8 Å². The van der Waals surface area contributed by atoms with Crippen molar-refractivity contribution < 1.29 is 23.8 Å². The van der Waals surface area contributed by atoms with E-state index in [1.165, 1.54) is 0 Å². The second-order valence-electron chi connectivity index (χ2n) is 4.00. The summed E-state index contributed by atoms with van der Waals surface area (Å²) in [6, 6.07) is 0. The van der Waals surface area contributed by atoms with Crippen molar-refractivity contribution in [1.29, 1.82) is 0 Å². The summed E-state index contributed by atoms with van der Waals surface area (Å²) in [6.45, 7) is 6.72. The molecule has 118 valence electrons. The lowest BCUT2D eigenvalue weighted by Crippen LogP contribution is -2.31. The molecule has 0 saturated heterocycles. The normalized spacial score (nSPS) is 10.3. The van der Waals surface area contributed by atoms with Crippen LogP contribution in [0.15, 0.2) is 0 Å². The molecule has 0 unspecified atom stereocenters. The highest BCUT2D eigenvalue weighted by Crippen LogP contribution is 1.80. The van der Waals surface area contributed by atoms with Gasteiger partial charge in [0.1, 0.15) is 13.2 Å². The third kappa shape index (κ3) is 13.3. The van der Waals surface area contributed by atoms with Crippen molar-refractivity contribution in [2.24, 2.45) is 0 Å². The Kier molecular flexibility index (Phi) is 13.4. The summed E-state index contributed by atoms with van der Waals surface area (Å²) in [5.74, 6) is -0.269. The van der Waals surface area contributed by atoms with E-state index >= 15 is 0 Å². The quantitative estimate of drug-likeness (QED) is 0.455. The lowest BCUT2D eigenvalue weighted by atomic mass is 10.5. The van der Waals surface area contributed by atoms with Crippen LogP contribution in [0.3, 0.4) is 0 Å². The third-order valence-corrected chi connectivity index (χ3v) is 2.18. The number of hydrogen-bond acceptors (Lipinski definition) is 5. The van der Waals surface area contributed by atoms with E-state index in [2.05, 4.69) is 10.6 Å². The van der Waals surface area contributed by atoms with Crippen molar-refractivity contribution in [3.63, 3.8) is 0 Å². The molecule has 0 atom stereocenters. The molecular weight excluding hydrogens is 264 g/mol. The fraction of sp³-hybridized carbons (Fsp3) is 0.846. The molecule has 0 radical (unpaired) electrons. The maximum Gasteiger partial charge on any atom is 0.246 e. The molecule has 7 heteroatoms. The summed E-state index contributed by atoms with van der Waals surface area (Å²) in [7, 11) is 0. The standard InChI is InChI=1S/C13H26N2O5/c1-3-5-14-13(17)11-20-9-8-19-7-6-15-12(16)10-18-4-2/h3-11H2,1-2H3,(H,14,17)(H,15,16). The highest BCUT2D eigenvalue weighted by Gasteiger charge is 2.00. The van der Waals surface area contributed by atoms with Crippen molar-refractivity contribution in [3.8, 4) is 0 Å². The van der Waals surface area contributed by atoms with Crippen LogP contribution in [0.1, 0.15) is 20.3 Å². The van der Waals surface area contributed by atoms with Crippen molar-refractivity contribution in [2.75, 3.05) is 52.7 Å². The largest absolute Gasteiger partial charge is 0.377 e. The molecule has 7 nitrogen and oxygen atoms in total. The zero-order valence-electron chi connectivity index (χ0n) is 12.4. The summed E-state index contributed by atoms with van der Waals surface area (Å²) in [5.41, 5.74) is 0. The van der Waals surface area contributed by atoms with Gasteiger partial charge in [0.15, 0.2) is 0 Å². The highest BCUT2D eigenvalue weighted by atomic mass is 16.5. The molecule has 0 saturated carbocycles. The number of amides is 2. The first-order chi connectivity index (χ1) is 9.70. The summed E-state index contributed by atoms with van der Waals surface area (Å²) in [4.78, 5) is 22.3. The van der Waals surface area contributed by atoms with Crippen LogP contribution >= 0.6 is 0 Å². The molecule has 0 aromatic rings. The SMILES string of the molecule is CCCNC(=O)COCCOCCNC(=O)COCC. The molecule has 0 aliphatic rings. The van der Waals surface area contributed by atoms with Crippen LogP contribution in [-0.2, 0) is 23.8 Å². The van der Waals surface area contributed by atoms with Gasteiger partial charge in [-0.1, -0.05) is 6.92 Å². The Hall–Kier alpha value is -1.18. The Bertz CT molecular complexity index is 235. The Labute approximate surface area is 120 Å². The van der Waals surface area contributed by atoms with Crippen LogP contribution in [0, 0.1) is 0 Å². The van der Waals surface area contributed by atoms with E-state index in [0.717, 1.165) is 6.42 Å². The predicted octanol–water partition coefficient (Wildman–Crippen LogP) is -0.301. The molecule has 0 fully saturated rings. The van der Waals surface area contributed by atoms with E-state index in [0.29, 0.717) is 39.5 Å². The van der Waals surface area contributed by atoms with E-state index in [4.69, 9.17) is 14.2 Å². The van der Waals surface area contributed by atoms with Crippen LogP contribution in [0.4, 0.5) is 0 Å². The topological polar surface area (TPSA) is 85.9 Å². The van der Waals surface area contributed by atoms with Crippen molar-refractivity contribution in [1.82, 2.24) is 10.6 Å². The minimum Gasteiger partial charge on any atom is -0.377 e. The highest BCUT2D eigenvalue weighted by molar-refractivity contribution is 5.77. The molecule has 2 N–H and O–H groups in total. The average molecular weight is 290 g/mol. The number of ether oxygens (including phenoxy) is 3. The Morgan fingerprint density at radius 1 is 0.800 bits per heavy atom. The molecule has 2 amide bonds. The van der Waals surface area contributed by atoms with Gasteiger partial charge in [-0.2, -0.15) is 0 Å². The first-order valence-electron chi connectivity index (χ1n) is 6.97. The van der Waals surface area contributed by atoms with Gasteiger partial charge in [0, 0.05) is 19.7 Å². The molecule has 0 spiro atoms. The van der Waals surface area contributed by atoms with Gasteiger partial charge in [0.25, 0.3) is 0 Å². The lowest BCUT2D eigenvalue weighted by molar-refractivity contribution is -0.127. The molecule has 0 rings (SSSR count). The zero-order chi connectivity index (χ0) is 15.1. The average Bonchev–Trinajstić information content (AvgIpc) is 2.45. The van der Waals surface area contributed by atoms with Crippen molar-refractivity contribution in [3.05, 3.63) is 0 Å². The number of carbonyl (C=O) groups excluding carboxylic acids is 2. The van der Waals surface area contributed by atoms with Gasteiger partial charge in [-0.15, -0.1) is 0 Å². The Morgan fingerprint density at radius 3 is 2.05 bits per heavy atom. The van der Waals surface area contributed by atoms with E-state index in [9.17, 15) is 9.59 Å². The number of hydrogen-bond donors (Lipinski definition) is 2. The summed E-state index contributed by atoms with van der Waals surface area (Å²) in [5, 5.41) is 5.36. The fourth-order valence-electron chi connectivity index (χ4n) is 1.21. The van der Waals surface area contributed by atoms with E-state index < -0.39 is 0 Å². The number of rotatable bonds is 13. The molecule has 0 heterocycles. The molecular formula is C13H26N2O5. The summed E-state index contributed by atoms with van der Waals surface area (Å²) >= 11 is 0. The van der Waals surface area contributed by atoms with Gasteiger partial charge in [0.05, 0.1) is 19.8 Å². The van der Waals surface area contributed by atoms with Gasteiger partial charge in [0.2, 0.25) is 11.8 Å². The molecule has 0 aliphatic heterocycles. The fourth-order valence-corrected chi connectivity index (χ4v) is 1.21. The molecule has 0 bridgehead atoms. The first-order valence-corrected chi connectivity index (χ1v) is 6.97. The monoisotopic (exact) mass is 290 g/mol. The van der Waals surface area contributed by atoms with Crippen LogP contribution in [-0.4, -0.2) is 64.5 Å². The minimum atomic E-state index is -0.153. The third-order valence-electron chi connectivity index (χ3n) is 2.18. The number of carbonyl (C=O) groups is 2. The maximum absolute atomic E-state index is 11.2. The zero-order valence-corrected chi connectivity index (χ0v) is 12.4. The van der Waals surface area contributed by atoms with Gasteiger partial charge >= 0.3 is 0 Å². The molecule has 0 aliphatic carbocycles. The van der Waals surface area contributed by atoms with E-state index in [1.54, 1.807) is 0 Å². The van der Waals surface area contributed by atoms with Crippen LogP contribution < -0.4 is 10.6 Å². The number of nitrogens with one attached hydrogen (secondary N) is 2. The smallest absolute Gasteiger partial charge is 0.246 e. The second-order valence-corrected chi connectivity index (χ2v) is 4.00. The Balaban J connectivity index is 3.20. The van der Waals surface area contributed by atoms with Crippen LogP contribution in [0.2, 0.25) is 0 Å². The minimum absolute atomic E-state index is 0.0501. The Morgan fingerprint density at radius 2 is 1.40 bits per heavy atom. The van der Waals surface area contributed by atoms with Gasteiger partial charge in [-0.3, -0.25) is 9.59 Å². The van der Waals surface area contributed by atoms with Crippen molar-refractivity contribution in [2.45, 2.75) is 20.3 Å². The van der Waals surface area contributed by atoms with Gasteiger partial charge in [-0.25, -0.2) is 0 Å². The van der Waals surface area contributed by atoms with Crippen LogP contribution in [0.25, 0.3) is 0 Å². The lowest BCUT2D eigenvalue weighted by Gasteiger charge is -2.07. The summed E-state index contributed by atoms with van der Waals surface area (Å²) in [6.07, 6.45) is 0.907.